The van der Waals surface area contributed by atoms with Gasteiger partial charge in [0.15, 0.2) is 5.76 Å². The first-order valence-electron chi connectivity index (χ1n) is 6.66. The normalized spacial score (nSPS) is 10.2. The third kappa shape index (κ3) is 4.21. The van der Waals surface area contributed by atoms with E-state index in [1.54, 1.807) is 18.2 Å². The maximum atomic E-state index is 11.7. The molecule has 0 aliphatic carbocycles. The maximum absolute atomic E-state index is 11.7. The van der Waals surface area contributed by atoms with Crippen LogP contribution in [0.1, 0.15) is 28.1 Å². The molecule has 1 N–H and O–H groups in total. The lowest BCUT2D eigenvalue weighted by Crippen LogP contribution is -2.26. The van der Waals surface area contributed by atoms with Crippen LogP contribution in [-0.4, -0.2) is 18.4 Å². The van der Waals surface area contributed by atoms with Gasteiger partial charge in [-0.15, -0.1) is 0 Å². The van der Waals surface area contributed by atoms with Crippen LogP contribution in [-0.2, 0) is 4.79 Å². The van der Waals surface area contributed by atoms with Crippen molar-refractivity contribution in [3.63, 3.8) is 0 Å². The second-order valence-corrected chi connectivity index (χ2v) is 4.73. The van der Waals surface area contributed by atoms with Crippen LogP contribution in [0.2, 0.25) is 0 Å². The predicted molar refractivity (Wildman–Crippen MR) is 77.2 cm³/mol. The molecule has 0 fully saturated rings. The van der Waals surface area contributed by atoms with Crippen molar-refractivity contribution in [3.8, 4) is 5.75 Å². The number of amides is 1. The standard InChI is InChI=1S/C16H17NO4/c1-11-5-6-13(12(2)10-11)21-15(18)7-8-17-16(19)14-4-3-9-20-14/h3-6,9-10H,7-8H2,1-2H3,(H,17,19). The minimum atomic E-state index is -0.387. The van der Waals surface area contributed by atoms with Gasteiger partial charge in [0.25, 0.3) is 5.91 Å². The van der Waals surface area contributed by atoms with Crippen molar-refractivity contribution in [3.05, 3.63) is 53.5 Å². The largest absolute Gasteiger partial charge is 0.459 e. The van der Waals surface area contributed by atoms with E-state index in [1.165, 1.54) is 6.26 Å². The minimum absolute atomic E-state index is 0.0970. The second-order valence-electron chi connectivity index (χ2n) is 4.73. The summed E-state index contributed by atoms with van der Waals surface area (Å²) in [5.74, 6) is 0.0294. The number of carbonyl (C=O) groups excluding carboxylic acids is 2. The summed E-state index contributed by atoms with van der Waals surface area (Å²) in [6, 6.07) is 8.78. The molecule has 5 heteroatoms. The third-order valence-electron chi connectivity index (χ3n) is 2.91. The van der Waals surface area contributed by atoms with Gasteiger partial charge < -0.3 is 14.5 Å². The first-order chi connectivity index (χ1) is 10.1. The van der Waals surface area contributed by atoms with E-state index in [-0.39, 0.29) is 30.6 Å². The summed E-state index contributed by atoms with van der Waals surface area (Å²) in [6.07, 6.45) is 1.52. The fourth-order valence-corrected chi connectivity index (χ4v) is 1.86. The highest BCUT2D eigenvalue weighted by Gasteiger charge is 2.10. The van der Waals surface area contributed by atoms with Gasteiger partial charge in [0, 0.05) is 6.54 Å². The van der Waals surface area contributed by atoms with Gasteiger partial charge in [-0.05, 0) is 37.6 Å². The summed E-state index contributed by atoms with van der Waals surface area (Å²) in [6.45, 7) is 4.06. The quantitative estimate of drug-likeness (QED) is 0.678. The average molecular weight is 287 g/mol. The zero-order valence-electron chi connectivity index (χ0n) is 12.0. The number of ether oxygens (including phenoxy) is 1. The van der Waals surface area contributed by atoms with Gasteiger partial charge in [-0.2, -0.15) is 0 Å². The van der Waals surface area contributed by atoms with E-state index in [4.69, 9.17) is 9.15 Å². The molecular formula is C16H17NO4. The lowest BCUT2D eigenvalue weighted by atomic mass is 10.1. The Hall–Kier alpha value is -2.56. The fraction of sp³-hybridized carbons (Fsp3) is 0.250. The second kappa shape index (κ2) is 6.74. The van der Waals surface area contributed by atoms with Crippen molar-refractivity contribution in [2.75, 3.05) is 6.54 Å². The van der Waals surface area contributed by atoms with Crippen molar-refractivity contribution >= 4 is 11.9 Å². The van der Waals surface area contributed by atoms with Gasteiger partial charge in [-0.3, -0.25) is 9.59 Å². The lowest BCUT2D eigenvalue weighted by molar-refractivity contribution is -0.134. The molecule has 0 aliphatic rings. The Morgan fingerprint density at radius 2 is 2.05 bits per heavy atom. The van der Waals surface area contributed by atoms with Gasteiger partial charge in [-0.25, -0.2) is 0 Å². The van der Waals surface area contributed by atoms with Crippen molar-refractivity contribution in [1.29, 1.82) is 0 Å². The fourth-order valence-electron chi connectivity index (χ4n) is 1.86. The van der Waals surface area contributed by atoms with Crippen LogP contribution in [0.4, 0.5) is 0 Å². The van der Waals surface area contributed by atoms with Gasteiger partial charge in [0.1, 0.15) is 5.75 Å². The third-order valence-corrected chi connectivity index (χ3v) is 2.91. The van der Waals surface area contributed by atoms with E-state index in [2.05, 4.69) is 5.32 Å². The van der Waals surface area contributed by atoms with E-state index in [0.29, 0.717) is 5.75 Å². The Balaban J connectivity index is 1.78. The van der Waals surface area contributed by atoms with E-state index in [1.807, 2.05) is 26.0 Å². The maximum Gasteiger partial charge on any atom is 0.312 e. The smallest absolute Gasteiger partial charge is 0.312 e. The van der Waals surface area contributed by atoms with Crippen molar-refractivity contribution in [2.45, 2.75) is 20.3 Å². The Labute approximate surface area is 122 Å². The van der Waals surface area contributed by atoms with E-state index in [9.17, 15) is 9.59 Å². The molecule has 0 radical (unpaired) electrons. The predicted octanol–water partition coefficient (Wildman–Crippen LogP) is 2.62. The Bertz CT molecular complexity index is 632. The molecule has 0 saturated heterocycles. The molecule has 0 atom stereocenters. The summed E-state index contributed by atoms with van der Waals surface area (Å²) in [5, 5.41) is 2.59. The molecule has 0 spiro atoms. The van der Waals surface area contributed by atoms with Crippen LogP contribution in [0.15, 0.2) is 41.0 Å². The van der Waals surface area contributed by atoms with Crippen LogP contribution in [0.5, 0.6) is 5.75 Å². The van der Waals surface area contributed by atoms with Gasteiger partial charge in [0.2, 0.25) is 0 Å². The van der Waals surface area contributed by atoms with Gasteiger partial charge in [-0.1, -0.05) is 17.7 Å². The van der Waals surface area contributed by atoms with E-state index in [0.717, 1.165) is 11.1 Å². The van der Waals surface area contributed by atoms with Crippen molar-refractivity contribution < 1.29 is 18.7 Å². The molecule has 110 valence electrons. The summed E-state index contributed by atoms with van der Waals surface area (Å²) < 4.78 is 10.2. The van der Waals surface area contributed by atoms with E-state index < -0.39 is 0 Å². The number of nitrogens with one attached hydrogen (secondary N) is 1. The average Bonchev–Trinajstić information content (AvgIpc) is 2.96. The Morgan fingerprint density at radius 1 is 1.24 bits per heavy atom. The first kappa shape index (κ1) is 14.8. The lowest BCUT2D eigenvalue weighted by Gasteiger charge is -2.08. The van der Waals surface area contributed by atoms with E-state index >= 15 is 0 Å². The molecule has 1 aromatic heterocycles. The molecule has 1 heterocycles. The molecular weight excluding hydrogens is 270 g/mol. The zero-order chi connectivity index (χ0) is 15.2. The highest BCUT2D eigenvalue weighted by molar-refractivity contribution is 5.91. The number of benzene rings is 1. The van der Waals surface area contributed by atoms with Crippen LogP contribution in [0, 0.1) is 13.8 Å². The molecule has 0 bridgehead atoms. The molecule has 5 nitrogen and oxygen atoms in total. The number of rotatable bonds is 5. The highest BCUT2D eigenvalue weighted by atomic mass is 16.5. The molecule has 1 amide bonds. The van der Waals surface area contributed by atoms with Gasteiger partial charge >= 0.3 is 5.97 Å². The highest BCUT2D eigenvalue weighted by Crippen LogP contribution is 2.19. The summed E-state index contributed by atoms with van der Waals surface area (Å²) >= 11 is 0. The SMILES string of the molecule is Cc1ccc(OC(=O)CCNC(=O)c2ccco2)c(C)c1. The minimum Gasteiger partial charge on any atom is -0.459 e. The molecule has 0 unspecified atom stereocenters. The van der Waals surface area contributed by atoms with Crippen LogP contribution in [0.25, 0.3) is 0 Å². The monoisotopic (exact) mass is 287 g/mol. The zero-order valence-corrected chi connectivity index (χ0v) is 12.0. The number of furan rings is 1. The summed E-state index contributed by atoms with van der Waals surface area (Å²) in [4.78, 5) is 23.3. The number of aryl methyl sites for hydroxylation is 2. The number of hydrogen-bond donors (Lipinski definition) is 1. The topological polar surface area (TPSA) is 68.5 Å². The Morgan fingerprint density at radius 3 is 2.71 bits per heavy atom. The molecule has 1 aromatic carbocycles. The van der Waals surface area contributed by atoms with Gasteiger partial charge in [0.05, 0.1) is 12.7 Å². The molecule has 2 rings (SSSR count). The first-order valence-corrected chi connectivity index (χ1v) is 6.66. The number of hydrogen-bond acceptors (Lipinski definition) is 4. The molecule has 0 saturated carbocycles. The summed E-state index contributed by atoms with van der Waals surface area (Å²) in [7, 11) is 0. The molecule has 21 heavy (non-hydrogen) atoms. The van der Waals surface area contributed by atoms with Crippen LogP contribution < -0.4 is 10.1 Å². The number of carbonyl (C=O) groups is 2. The number of esters is 1. The van der Waals surface area contributed by atoms with Crippen LogP contribution >= 0.6 is 0 Å². The van der Waals surface area contributed by atoms with Crippen molar-refractivity contribution in [2.24, 2.45) is 0 Å². The van der Waals surface area contributed by atoms with Crippen LogP contribution in [0.3, 0.4) is 0 Å². The molecule has 0 aliphatic heterocycles. The van der Waals surface area contributed by atoms with Crippen molar-refractivity contribution in [1.82, 2.24) is 5.32 Å². The summed E-state index contributed by atoms with van der Waals surface area (Å²) in [5.41, 5.74) is 2.01. The molecule has 2 aromatic rings. The Kier molecular flexibility index (Phi) is 4.77.